The molecule has 0 spiro atoms. The fourth-order valence-corrected chi connectivity index (χ4v) is 2.24. The lowest BCUT2D eigenvalue weighted by Gasteiger charge is -2.23. The van der Waals surface area contributed by atoms with Gasteiger partial charge >= 0.3 is 5.97 Å². The van der Waals surface area contributed by atoms with Gasteiger partial charge in [-0.25, -0.2) is 0 Å². The number of nitrogens with one attached hydrogen (secondary N) is 1. The van der Waals surface area contributed by atoms with E-state index < -0.39 is 11.4 Å². The third kappa shape index (κ3) is 3.39. The van der Waals surface area contributed by atoms with E-state index in [4.69, 9.17) is 4.74 Å². The fraction of sp³-hybridized carbons (Fsp3) is 0.278. The molecule has 0 bridgehead atoms. The van der Waals surface area contributed by atoms with Crippen LogP contribution in [0.25, 0.3) is 0 Å². The second kappa shape index (κ2) is 6.52. The van der Waals surface area contributed by atoms with Crippen LogP contribution in [-0.4, -0.2) is 18.2 Å². The Kier molecular flexibility index (Phi) is 4.71. The van der Waals surface area contributed by atoms with Crippen LogP contribution in [0, 0.1) is 0 Å². The van der Waals surface area contributed by atoms with Crippen molar-refractivity contribution in [2.45, 2.75) is 25.8 Å². The Morgan fingerprint density at radius 2 is 1.77 bits per heavy atom. The van der Waals surface area contributed by atoms with Crippen LogP contribution in [0.1, 0.15) is 25.0 Å². The van der Waals surface area contributed by atoms with Gasteiger partial charge in [-0.15, -0.1) is 0 Å². The van der Waals surface area contributed by atoms with Crippen LogP contribution in [0.2, 0.25) is 0 Å². The first kappa shape index (κ1) is 15.9. The SMILES string of the molecule is COc1ccc(CNc2ccccc2C(C)(C)C(=O)O)cc1. The summed E-state index contributed by atoms with van der Waals surface area (Å²) < 4.78 is 5.14. The van der Waals surface area contributed by atoms with Gasteiger partial charge in [-0.1, -0.05) is 30.3 Å². The van der Waals surface area contributed by atoms with Crippen LogP contribution in [0.5, 0.6) is 5.75 Å². The van der Waals surface area contributed by atoms with Crippen LogP contribution in [0.4, 0.5) is 5.69 Å². The first-order valence-electron chi connectivity index (χ1n) is 7.15. The second-order valence-corrected chi connectivity index (χ2v) is 5.68. The molecule has 0 aliphatic heterocycles. The zero-order valence-electron chi connectivity index (χ0n) is 13.1. The fourth-order valence-electron chi connectivity index (χ4n) is 2.24. The molecule has 0 amide bonds. The monoisotopic (exact) mass is 299 g/mol. The highest BCUT2D eigenvalue weighted by Gasteiger charge is 2.31. The van der Waals surface area contributed by atoms with E-state index in [1.807, 2.05) is 48.5 Å². The van der Waals surface area contributed by atoms with E-state index in [9.17, 15) is 9.90 Å². The Labute approximate surface area is 130 Å². The maximum absolute atomic E-state index is 11.5. The van der Waals surface area contributed by atoms with Gasteiger partial charge in [0, 0.05) is 12.2 Å². The summed E-state index contributed by atoms with van der Waals surface area (Å²) >= 11 is 0. The number of carbonyl (C=O) groups is 1. The van der Waals surface area contributed by atoms with Gasteiger partial charge in [0.1, 0.15) is 5.75 Å². The van der Waals surface area contributed by atoms with E-state index in [2.05, 4.69) is 5.32 Å². The van der Waals surface area contributed by atoms with E-state index in [0.29, 0.717) is 6.54 Å². The number of anilines is 1. The first-order valence-corrected chi connectivity index (χ1v) is 7.15. The predicted molar refractivity (Wildman–Crippen MR) is 87.4 cm³/mol. The van der Waals surface area contributed by atoms with Crippen LogP contribution < -0.4 is 10.1 Å². The van der Waals surface area contributed by atoms with Crippen molar-refractivity contribution in [1.29, 1.82) is 0 Å². The molecule has 116 valence electrons. The number of carboxylic acids is 1. The maximum Gasteiger partial charge on any atom is 0.313 e. The number of aliphatic carboxylic acids is 1. The predicted octanol–water partition coefficient (Wildman–Crippen LogP) is 3.67. The largest absolute Gasteiger partial charge is 0.497 e. The first-order chi connectivity index (χ1) is 10.4. The van der Waals surface area contributed by atoms with Crippen molar-refractivity contribution >= 4 is 11.7 Å². The molecule has 0 saturated carbocycles. The van der Waals surface area contributed by atoms with Gasteiger partial charge in [-0.05, 0) is 43.2 Å². The maximum atomic E-state index is 11.5. The Morgan fingerprint density at radius 3 is 2.36 bits per heavy atom. The Hall–Kier alpha value is -2.49. The van der Waals surface area contributed by atoms with Crippen molar-refractivity contribution in [1.82, 2.24) is 0 Å². The molecule has 0 aliphatic carbocycles. The van der Waals surface area contributed by atoms with Crippen molar-refractivity contribution < 1.29 is 14.6 Å². The van der Waals surface area contributed by atoms with Crippen molar-refractivity contribution in [3.05, 3.63) is 59.7 Å². The number of para-hydroxylation sites is 1. The number of benzene rings is 2. The highest BCUT2D eigenvalue weighted by atomic mass is 16.5. The minimum absolute atomic E-state index is 0.622. The molecule has 0 unspecified atom stereocenters. The summed E-state index contributed by atoms with van der Waals surface area (Å²) in [4.78, 5) is 11.5. The zero-order chi connectivity index (χ0) is 16.2. The van der Waals surface area contributed by atoms with Gasteiger partial charge in [-0.2, -0.15) is 0 Å². The van der Waals surface area contributed by atoms with Gasteiger partial charge in [-0.3, -0.25) is 4.79 Å². The van der Waals surface area contributed by atoms with E-state index in [-0.39, 0.29) is 0 Å². The number of rotatable bonds is 6. The third-order valence-corrected chi connectivity index (χ3v) is 3.78. The summed E-state index contributed by atoms with van der Waals surface area (Å²) in [5.41, 5.74) is 1.77. The quantitative estimate of drug-likeness (QED) is 0.854. The number of carboxylic acid groups (broad SMARTS) is 1. The molecule has 0 fully saturated rings. The molecule has 0 atom stereocenters. The van der Waals surface area contributed by atoms with E-state index in [1.165, 1.54) is 0 Å². The smallest absolute Gasteiger partial charge is 0.313 e. The summed E-state index contributed by atoms with van der Waals surface area (Å²) in [6.07, 6.45) is 0. The van der Waals surface area contributed by atoms with E-state index in [0.717, 1.165) is 22.6 Å². The number of ether oxygens (including phenoxy) is 1. The highest BCUT2D eigenvalue weighted by Crippen LogP contribution is 2.30. The van der Waals surface area contributed by atoms with Gasteiger partial charge < -0.3 is 15.2 Å². The van der Waals surface area contributed by atoms with Crippen molar-refractivity contribution in [3.63, 3.8) is 0 Å². The Bertz CT molecular complexity index is 648. The van der Waals surface area contributed by atoms with Crippen molar-refractivity contribution in [2.24, 2.45) is 0 Å². The lowest BCUT2D eigenvalue weighted by atomic mass is 9.83. The van der Waals surface area contributed by atoms with Crippen LogP contribution in [0.3, 0.4) is 0 Å². The summed E-state index contributed by atoms with van der Waals surface area (Å²) in [7, 11) is 1.64. The topological polar surface area (TPSA) is 58.6 Å². The molecule has 22 heavy (non-hydrogen) atoms. The summed E-state index contributed by atoms with van der Waals surface area (Å²) in [5.74, 6) is -0.0256. The van der Waals surface area contributed by atoms with Crippen LogP contribution >= 0.6 is 0 Å². The number of methoxy groups -OCH3 is 1. The minimum atomic E-state index is -0.941. The van der Waals surface area contributed by atoms with Crippen molar-refractivity contribution in [3.8, 4) is 5.75 Å². The molecule has 2 N–H and O–H groups in total. The summed E-state index contributed by atoms with van der Waals surface area (Å²) in [6, 6.07) is 15.3. The summed E-state index contributed by atoms with van der Waals surface area (Å²) in [6.45, 7) is 4.04. The lowest BCUT2D eigenvalue weighted by molar-refractivity contribution is -0.142. The molecule has 2 rings (SSSR count). The molecule has 0 aliphatic rings. The average molecular weight is 299 g/mol. The van der Waals surface area contributed by atoms with Crippen molar-refractivity contribution in [2.75, 3.05) is 12.4 Å². The third-order valence-electron chi connectivity index (χ3n) is 3.78. The summed E-state index contributed by atoms with van der Waals surface area (Å²) in [5, 5.41) is 12.7. The standard InChI is InChI=1S/C18H21NO3/c1-18(2,17(20)21)15-6-4-5-7-16(15)19-12-13-8-10-14(22-3)11-9-13/h4-11,19H,12H2,1-3H3,(H,20,21). The molecule has 0 aromatic heterocycles. The molecule has 2 aromatic carbocycles. The molecule has 0 saturated heterocycles. The molecular weight excluding hydrogens is 278 g/mol. The minimum Gasteiger partial charge on any atom is -0.497 e. The lowest BCUT2D eigenvalue weighted by Crippen LogP contribution is -2.29. The highest BCUT2D eigenvalue weighted by molar-refractivity contribution is 5.83. The molecule has 2 aromatic rings. The van der Waals surface area contributed by atoms with Gasteiger partial charge in [0.15, 0.2) is 0 Å². The Balaban J connectivity index is 2.18. The normalized spacial score (nSPS) is 11.0. The molecule has 0 radical (unpaired) electrons. The van der Waals surface area contributed by atoms with Crippen LogP contribution in [0.15, 0.2) is 48.5 Å². The molecule has 4 heteroatoms. The molecular formula is C18H21NO3. The van der Waals surface area contributed by atoms with E-state index in [1.54, 1.807) is 21.0 Å². The van der Waals surface area contributed by atoms with Gasteiger partial charge in [0.25, 0.3) is 0 Å². The number of hydrogen-bond acceptors (Lipinski definition) is 3. The average Bonchev–Trinajstić information content (AvgIpc) is 2.53. The zero-order valence-corrected chi connectivity index (χ0v) is 13.1. The molecule has 0 heterocycles. The van der Waals surface area contributed by atoms with E-state index >= 15 is 0 Å². The number of hydrogen-bond donors (Lipinski definition) is 2. The second-order valence-electron chi connectivity index (χ2n) is 5.68. The Morgan fingerprint density at radius 1 is 1.14 bits per heavy atom. The molecule has 4 nitrogen and oxygen atoms in total. The van der Waals surface area contributed by atoms with Gasteiger partial charge in [0.2, 0.25) is 0 Å². The van der Waals surface area contributed by atoms with Gasteiger partial charge in [0.05, 0.1) is 12.5 Å². The van der Waals surface area contributed by atoms with Crippen LogP contribution in [-0.2, 0) is 16.8 Å².